The molecule has 0 saturated heterocycles. The van der Waals surface area contributed by atoms with E-state index in [0.717, 1.165) is 31.7 Å². The molecule has 0 bridgehead atoms. The average molecular weight is 324 g/mol. The Kier molecular flexibility index (Phi) is 5.95. The van der Waals surface area contributed by atoms with E-state index in [4.69, 9.17) is 16.3 Å². The van der Waals surface area contributed by atoms with E-state index in [2.05, 4.69) is 28.7 Å². The number of benzene rings is 1. The second-order valence-corrected chi connectivity index (χ2v) is 5.29. The molecule has 2 aromatic rings. The number of ether oxygens (including phenoxy) is 1. The highest BCUT2D eigenvalue weighted by atomic mass is 35.5. The fourth-order valence-corrected chi connectivity index (χ4v) is 2.32. The van der Waals surface area contributed by atoms with Crippen LogP contribution in [0.25, 0.3) is 0 Å². The van der Waals surface area contributed by atoms with E-state index >= 15 is 0 Å². The zero-order chi connectivity index (χ0) is 15.9. The summed E-state index contributed by atoms with van der Waals surface area (Å²) in [5.74, 6) is 1.16. The minimum absolute atomic E-state index is 0.208. The van der Waals surface area contributed by atoms with Crippen molar-refractivity contribution in [2.24, 2.45) is 0 Å². The Hall–Kier alpha value is -1.88. The van der Waals surface area contributed by atoms with Crippen LogP contribution in [0.5, 0.6) is 11.6 Å². The van der Waals surface area contributed by atoms with Crippen LogP contribution in [0, 0.1) is 5.82 Å². The number of aromatic nitrogens is 2. The molecule has 0 N–H and O–H groups in total. The number of nitrogens with zero attached hydrogens (tertiary/aromatic N) is 3. The van der Waals surface area contributed by atoms with Crippen molar-refractivity contribution in [3.8, 4) is 11.6 Å². The summed E-state index contributed by atoms with van der Waals surface area (Å²) in [6, 6.07) is 5.75. The van der Waals surface area contributed by atoms with Crippen molar-refractivity contribution < 1.29 is 9.13 Å². The van der Waals surface area contributed by atoms with Gasteiger partial charge in [0.1, 0.15) is 23.7 Å². The molecule has 0 aliphatic rings. The van der Waals surface area contributed by atoms with E-state index in [1.165, 1.54) is 24.5 Å². The van der Waals surface area contributed by atoms with Crippen LogP contribution in [0.2, 0.25) is 5.02 Å². The van der Waals surface area contributed by atoms with Gasteiger partial charge in [-0.05, 0) is 31.0 Å². The van der Waals surface area contributed by atoms with Crippen LogP contribution < -0.4 is 9.64 Å². The monoisotopic (exact) mass is 323 g/mol. The molecular formula is C16H19ClFN3O. The molecule has 118 valence electrons. The summed E-state index contributed by atoms with van der Waals surface area (Å²) in [5.41, 5.74) is 0. The molecule has 6 heteroatoms. The highest BCUT2D eigenvalue weighted by Crippen LogP contribution is 2.29. The van der Waals surface area contributed by atoms with Gasteiger partial charge < -0.3 is 9.64 Å². The zero-order valence-electron chi connectivity index (χ0n) is 12.7. The largest absolute Gasteiger partial charge is 0.437 e. The van der Waals surface area contributed by atoms with Gasteiger partial charge >= 0.3 is 0 Å². The van der Waals surface area contributed by atoms with E-state index in [0.29, 0.717) is 11.6 Å². The van der Waals surface area contributed by atoms with Crippen LogP contribution in [-0.2, 0) is 0 Å². The highest BCUT2D eigenvalue weighted by molar-refractivity contribution is 6.32. The van der Waals surface area contributed by atoms with Crippen molar-refractivity contribution in [3.05, 3.63) is 41.4 Å². The molecule has 4 nitrogen and oxygen atoms in total. The van der Waals surface area contributed by atoms with Crippen molar-refractivity contribution in [1.82, 2.24) is 9.97 Å². The van der Waals surface area contributed by atoms with Crippen LogP contribution in [0.15, 0.2) is 30.6 Å². The van der Waals surface area contributed by atoms with Crippen molar-refractivity contribution in [1.29, 1.82) is 0 Å². The van der Waals surface area contributed by atoms with Gasteiger partial charge in [-0.2, -0.15) is 0 Å². The van der Waals surface area contributed by atoms with Crippen molar-refractivity contribution in [2.75, 3.05) is 18.0 Å². The zero-order valence-corrected chi connectivity index (χ0v) is 13.5. The standard InChI is InChI=1S/C16H19ClFN3O/c1-3-7-21(8-4-2)15-10-16(20-11-19-15)22-14-6-5-12(18)9-13(14)17/h5-6,9-11H,3-4,7-8H2,1-2H3. The number of hydrogen-bond donors (Lipinski definition) is 0. The first-order valence-corrected chi connectivity index (χ1v) is 7.71. The molecule has 0 amide bonds. The Morgan fingerprint density at radius 1 is 1.14 bits per heavy atom. The molecule has 1 heterocycles. The minimum Gasteiger partial charge on any atom is -0.437 e. The van der Waals surface area contributed by atoms with Crippen molar-refractivity contribution in [3.63, 3.8) is 0 Å². The van der Waals surface area contributed by atoms with Gasteiger partial charge in [0.15, 0.2) is 0 Å². The van der Waals surface area contributed by atoms with Gasteiger partial charge in [0.05, 0.1) is 5.02 Å². The van der Waals surface area contributed by atoms with Crippen LogP contribution in [0.3, 0.4) is 0 Å². The molecule has 2 rings (SSSR count). The SMILES string of the molecule is CCCN(CCC)c1cc(Oc2ccc(F)cc2Cl)ncn1. The predicted molar refractivity (Wildman–Crippen MR) is 86.3 cm³/mol. The Balaban J connectivity index is 2.20. The van der Waals surface area contributed by atoms with Gasteiger partial charge in [-0.3, -0.25) is 0 Å². The highest BCUT2D eigenvalue weighted by Gasteiger charge is 2.10. The third kappa shape index (κ3) is 4.31. The third-order valence-electron chi connectivity index (χ3n) is 3.05. The summed E-state index contributed by atoms with van der Waals surface area (Å²) in [5, 5.41) is 0.208. The van der Waals surface area contributed by atoms with E-state index in [1.807, 2.05) is 0 Å². The number of halogens is 2. The van der Waals surface area contributed by atoms with Crippen LogP contribution in [0.4, 0.5) is 10.2 Å². The van der Waals surface area contributed by atoms with Gasteiger partial charge in [0.2, 0.25) is 5.88 Å². The fourth-order valence-electron chi connectivity index (χ4n) is 2.11. The summed E-state index contributed by atoms with van der Waals surface area (Å²) >= 11 is 5.96. The molecule has 0 atom stereocenters. The lowest BCUT2D eigenvalue weighted by Gasteiger charge is -2.22. The molecule has 1 aromatic carbocycles. The van der Waals surface area contributed by atoms with Crippen molar-refractivity contribution in [2.45, 2.75) is 26.7 Å². The smallest absolute Gasteiger partial charge is 0.224 e. The Morgan fingerprint density at radius 3 is 2.50 bits per heavy atom. The second kappa shape index (κ2) is 7.94. The Bertz CT molecular complexity index is 618. The Morgan fingerprint density at radius 2 is 1.86 bits per heavy atom. The first kappa shape index (κ1) is 16.5. The van der Waals surface area contributed by atoms with E-state index < -0.39 is 5.82 Å². The summed E-state index contributed by atoms with van der Waals surface area (Å²) in [4.78, 5) is 10.6. The molecule has 1 aromatic heterocycles. The predicted octanol–water partition coefficient (Wildman–Crippen LogP) is 4.69. The minimum atomic E-state index is -0.405. The second-order valence-electron chi connectivity index (χ2n) is 4.88. The summed E-state index contributed by atoms with van der Waals surface area (Å²) in [7, 11) is 0. The molecule has 0 saturated carbocycles. The molecule has 0 radical (unpaired) electrons. The first-order chi connectivity index (χ1) is 10.6. The van der Waals surface area contributed by atoms with Crippen LogP contribution in [-0.4, -0.2) is 23.1 Å². The summed E-state index contributed by atoms with van der Waals surface area (Å²) in [6.45, 7) is 6.09. The van der Waals surface area contributed by atoms with Gasteiger partial charge in [0.25, 0.3) is 0 Å². The van der Waals surface area contributed by atoms with Crippen LogP contribution in [0.1, 0.15) is 26.7 Å². The molecule has 0 aliphatic heterocycles. The normalized spacial score (nSPS) is 10.5. The number of hydrogen-bond acceptors (Lipinski definition) is 4. The Labute approximate surface area is 134 Å². The van der Waals surface area contributed by atoms with Gasteiger partial charge in [-0.25, -0.2) is 14.4 Å². The molecular weight excluding hydrogens is 305 g/mol. The topological polar surface area (TPSA) is 38.2 Å². The van der Waals surface area contributed by atoms with Crippen LogP contribution >= 0.6 is 11.6 Å². The quantitative estimate of drug-likeness (QED) is 0.741. The molecule has 0 spiro atoms. The maximum atomic E-state index is 13.1. The average Bonchev–Trinajstić information content (AvgIpc) is 2.50. The molecule has 0 aliphatic carbocycles. The van der Waals surface area contributed by atoms with Crippen molar-refractivity contribution >= 4 is 17.4 Å². The molecule has 22 heavy (non-hydrogen) atoms. The maximum Gasteiger partial charge on any atom is 0.224 e. The first-order valence-electron chi connectivity index (χ1n) is 7.34. The maximum absolute atomic E-state index is 13.1. The lowest BCUT2D eigenvalue weighted by molar-refractivity contribution is 0.460. The van der Waals surface area contributed by atoms with Gasteiger partial charge in [-0.15, -0.1) is 0 Å². The van der Waals surface area contributed by atoms with E-state index in [-0.39, 0.29) is 5.02 Å². The summed E-state index contributed by atoms with van der Waals surface area (Å²) in [6.07, 6.45) is 3.52. The lowest BCUT2D eigenvalue weighted by atomic mass is 10.3. The number of rotatable bonds is 7. The molecule has 0 fully saturated rings. The number of anilines is 1. The summed E-state index contributed by atoms with van der Waals surface area (Å²) < 4.78 is 18.7. The van der Waals surface area contributed by atoms with Gasteiger partial charge in [0, 0.05) is 19.2 Å². The molecule has 0 unspecified atom stereocenters. The third-order valence-corrected chi connectivity index (χ3v) is 3.34. The fraction of sp³-hybridized carbons (Fsp3) is 0.375. The van der Waals surface area contributed by atoms with Gasteiger partial charge in [-0.1, -0.05) is 25.4 Å². The lowest BCUT2D eigenvalue weighted by Crippen LogP contribution is -2.25. The van der Waals surface area contributed by atoms with E-state index in [1.54, 1.807) is 6.07 Å². The van der Waals surface area contributed by atoms with E-state index in [9.17, 15) is 4.39 Å².